The lowest BCUT2D eigenvalue weighted by molar-refractivity contribution is 0.170. The van der Waals surface area contributed by atoms with E-state index in [1.165, 1.54) is 13.2 Å². The lowest BCUT2D eigenvalue weighted by atomic mass is 10.0. The van der Waals surface area contributed by atoms with E-state index in [0.717, 1.165) is 11.8 Å². The number of ether oxygens (including phenoxy) is 1. The number of aliphatic hydroxyl groups is 2. The molecule has 0 saturated carbocycles. The summed E-state index contributed by atoms with van der Waals surface area (Å²) in [5, 5.41) is 41.8. The Morgan fingerprint density at radius 1 is 1.16 bits per heavy atom. The number of nitrogens with two attached hydrogens (primary N) is 1. The Labute approximate surface area is 183 Å². The SMILES string of the molecule is COc1ccc(O)c2c1c(=O)c1c(NCCCN)ccc3c(CNC(CO)CO)nn2c31. The number of hydrogen-bond donors (Lipinski definition) is 6. The third-order valence-electron chi connectivity index (χ3n) is 5.62. The van der Waals surface area contributed by atoms with Crippen molar-refractivity contribution in [2.24, 2.45) is 5.73 Å². The second-order valence-corrected chi connectivity index (χ2v) is 7.59. The maximum Gasteiger partial charge on any atom is 0.203 e. The molecule has 0 bridgehead atoms. The molecule has 0 amide bonds. The first-order chi connectivity index (χ1) is 15.5. The number of aliphatic hydroxyl groups excluding tert-OH is 2. The summed E-state index contributed by atoms with van der Waals surface area (Å²) in [6, 6.07) is 6.22. The number of aromatic hydroxyl groups is 1. The van der Waals surface area contributed by atoms with Crippen LogP contribution in [0.3, 0.4) is 0 Å². The highest BCUT2D eigenvalue weighted by atomic mass is 16.5. The maximum absolute atomic E-state index is 13.7. The molecule has 0 unspecified atom stereocenters. The number of hydrogen-bond acceptors (Lipinski definition) is 9. The fourth-order valence-corrected chi connectivity index (χ4v) is 3.98. The lowest BCUT2D eigenvalue weighted by Crippen LogP contribution is -2.35. The number of rotatable bonds is 10. The van der Waals surface area contributed by atoms with Crippen molar-refractivity contribution in [2.45, 2.75) is 19.0 Å². The topological polar surface area (TPSA) is 154 Å². The molecule has 4 aromatic rings. The highest BCUT2D eigenvalue weighted by Crippen LogP contribution is 2.36. The smallest absolute Gasteiger partial charge is 0.203 e. The Morgan fingerprint density at radius 2 is 1.94 bits per heavy atom. The van der Waals surface area contributed by atoms with Crippen molar-refractivity contribution in [1.82, 2.24) is 14.9 Å². The van der Waals surface area contributed by atoms with Crippen LogP contribution in [-0.2, 0) is 6.54 Å². The molecule has 2 heterocycles. The quantitative estimate of drug-likeness (QED) is 0.151. The lowest BCUT2D eigenvalue weighted by Gasteiger charge is -2.13. The molecule has 4 rings (SSSR count). The molecule has 2 aromatic carbocycles. The highest BCUT2D eigenvalue weighted by Gasteiger charge is 2.23. The van der Waals surface area contributed by atoms with E-state index in [0.29, 0.717) is 41.1 Å². The number of phenolic OH excluding ortho intramolecular Hbond substituents is 1. The van der Waals surface area contributed by atoms with Gasteiger partial charge in [-0.3, -0.25) is 4.79 Å². The first-order valence-electron chi connectivity index (χ1n) is 10.4. The van der Waals surface area contributed by atoms with Gasteiger partial charge in [0.2, 0.25) is 5.43 Å². The number of fused-ring (bicyclic) bond motifs is 2. The van der Waals surface area contributed by atoms with Crippen LogP contribution >= 0.6 is 0 Å². The molecule has 0 saturated heterocycles. The summed E-state index contributed by atoms with van der Waals surface area (Å²) in [5.41, 5.74) is 7.44. The molecule has 0 atom stereocenters. The van der Waals surface area contributed by atoms with E-state index in [2.05, 4.69) is 15.7 Å². The first-order valence-corrected chi connectivity index (χ1v) is 10.4. The number of pyridine rings is 1. The van der Waals surface area contributed by atoms with E-state index in [9.17, 15) is 20.1 Å². The monoisotopic (exact) mass is 441 g/mol. The number of aromatic nitrogens is 2. The maximum atomic E-state index is 13.7. The molecule has 170 valence electrons. The van der Waals surface area contributed by atoms with Gasteiger partial charge in [-0.1, -0.05) is 0 Å². The Balaban J connectivity index is 2.03. The van der Waals surface area contributed by atoms with Gasteiger partial charge < -0.3 is 36.4 Å². The predicted molar refractivity (Wildman–Crippen MR) is 123 cm³/mol. The van der Waals surface area contributed by atoms with Crippen molar-refractivity contribution in [1.29, 1.82) is 0 Å². The molecule has 0 spiro atoms. The standard InChI is InChI=1S/C22H27N5O5/c1-32-17-6-5-16(30)21-19(17)22(31)18-14(24-8-2-7-23)4-3-13-15(26-27(21)20(13)18)9-25-12(10-28)11-29/h3-6,12,24-25,28-30H,2,7-11,23H2,1H3. The van der Waals surface area contributed by atoms with Gasteiger partial charge in [-0.15, -0.1) is 0 Å². The molecule has 0 aliphatic carbocycles. The molecule has 7 N–H and O–H groups in total. The number of phenols is 1. The molecule has 0 fully saturated rings. The third-order valence-corrected chi connectivity index (χ3v) is 5.62. The van der Waals surface area contributed by atoms with E-state index in [1.807, 2.05) is 12.1 Å². The van der Waals surface area contributed by atoms with Crippen molar-refractivity contribution in [3.8, 4) is 11.5 Å². The molecule has 10 heteroatoms. The van der Waals surface area contributed by atoms with E-state index in [-0.39, 0.29) is 41.8 Å². The van der Waals surface area contributed by atoms with Gasteiger partial charge in [-0.2, -0.15) is 5.10 Å². The minimum Gasteiger partial charge on any atom is -0.506 e. The summed E-state index contributed by atoms with van der Waals surface area (Å²) in [4.78, 5) is 13.7. The number of methoxy groups -OCH3 is 1. The molecule has 32 heavy (non-hydrogen) atoms. The Kier molecular flexibility index (Phi) is 6.28. The van der Waals surface area contributed by atoms with Gasteiger partial charge in [0.15, 0.2) is 0 Å². The van der Waals surface area contributed by atoms with Crippen LogP contribution in [0.5, 0.6) is 11.5 Å². The zero-order valence-corrected chi connectivity index (χ0v) is 17.8. The molecular formula is C22H27N5O5. The zero-order valence-electron chi connectivity index (χ0n) is 17.8. The highest BCUT2D eigenvalue weighted by molar-refractivity contribution is 6.10. The summed E-state index contributed by atoms with van der Waals surface area (Å²) in [5.74, 6) is 0.253. The van der Waals surface area contributed by atoms with E-state index >= 15 is 0 Å². The van der Waals surface area contributed by atoms with Crippen LogP contribution in [0.15, 0.2) is 29.1 Å². The molecular weight excluding hydrogens is 414 g/mol. The number of nitrogens with one attached hydrogen (secondary N) is 2. The van der Waals surface area contributed by atoms with Crippen molar-refractivity contribution in [2.75, 3.05) is 38.7 Å². The average Bonchev–Trinajstić information content (AvgIpc) is 3.17. The van der Waals surface area contributed by atoms with E-state index in [1.54, 1.807) is 10.6 Å². The van der Waals surface area contributed by atoms with Crippen molar-refractivity contribution in [3.63, 3.8) is 0 Å². The van der Waals surface area contributed by atoms with Crippen molar-refractivity contribution >= 4 is 32.9 Å². The van der Waals surface area contributed by atoms with Gasteiger partial charge in [0.1, 0.15) is 17.0 Å². The van der Waals surface area contributed by atoms with Crippen LogP contribution < -0.4 is 26.5 Å². The zero-order chi connectivity index (χ0) is 22.8. The number of nitrogens with zero attached hydrogens (tertiary/aromatic N) is 2. The van der Waals surface area contributed by atoms with Crippen LogP contribution in [0, 0.1) is 0 Å². The summed E-state index contributed by atoms with van der Waals surface area (Å²) in [7, 11) is 1.47. The normalized spacial score (nSPS) is 11.9. The number of benzene rings is 2. The first kappa shape index (κ1) is 22.0. The molecule has 0 aliphatic rings. The molecule has 10 nitrogen and oxygen atoms in total. The fourth-order valence-electron chi connectivity index (χ4n) is 3.98. The van der Waals surface area contributed by atoms with Crippen molar-refractivity contribution in [3.05, 3.63) is 40.2 Å². The van der Waals surface area contributed by atoms with E-state index < -0.39 is 6.04 Å². The minimum absolute atomic E-state index is 0.0891. The van der Waals surface area contributed by atoms with Crippen LogP contribution in [0.1, 0.15) is 12.1 Å². The Hall–Kier alpha value is -3.18. The average molecular weight is 441 g/mol. The van der Waals surface area contributed by atoms with Crippen molar-refractivity contribution < 1.29 is 20.1 Å². The van der Waals surface area contributed by atoms with E-state index in [4.69, 9.17) is 10.5 Å². The summed E-state index contributed by atoms with van der Waals surface area (Å²) < 4.78 is 6.99. The fraction of sp³-hybridized carbons (Fsp3) is 0.364. The van der Waals surface area contributed by atoms with Gasteiger partial charge in [-0.25, -0.2) is 4.52 Å². The van der Waals surface area contributed by atoms with Crippen LogP contribution in [0.4, 0.5) is 5.69 Å². The molecule has 2 aromatic heterocycles. The van der Waals surface area contributed by atoms with Gasteiger partial charge in [-0.05, 0) is 37.2 Å². The van der Waals surface area contributed by atoms with Crippen LogP contribution in [0.2, 0.25) is 0 Å². The Morgan fingerprint density at radius 3 is 2.62 bits per heavy atom. The summed E-state index contributed by atoms with van der Waals surface area (Å²) in [6.07, 6.45) is 0.741. The Bertz CT molecular complexity index is 1300. The molecule has 0 aliphatic heterocycles. The number of anilines is 1. The summed E-state index contributed by atoms with van der Waals surface area (Å²) in [6.45, 7) is 0.921. The van der Waals surface area contributed by atoms with Gasteiger partial charge in [0.05, 0.1) is 48.3 Å². The minimum atomic E-state index is -0.501. The van der Waals surface area contributed by atoms with Gasteiger partial charge >= 0.3 is 0 Å². The van der Waals surface area contributed by atoms with Crippen LogP contribution in [0.25, 0.3) is 27.2 Å². The molecule has 0 radical (unpaired) electrons. The summed E-state index contributed by atoms with van der Waals surface area (Å²) >= 11 is 0. The second kappa shape index (κ2) is 9.13. The van der Waals surface area contributed by atoms with Gasteiger partial charge in [0.25, 0.3) is 0 Å². The third kappa shape index (κ3) is 3.56. The predicted octanol–water partition coefficient (Wildman–Crippen LogP) is 0.356. The van der Waals surface area contributed by atoms with Crippen LogP contribution in [-0.4, -0.2) is 64.4 Å². The second-order valence-electron chi connectivity index (χ2n) is 7.59. The van der Waals surface area contributed by atoms with Gasteiger partial charge in [0, 0.05) is 24.2 Å². The largest absolute Gasteiger partial charge is 0.506 e.